The maximum atomic E-state index is 6.26. The monoisotopic (exact) mass is 315 g/mol. The molecule has 17 heavy (non-hydrogen) atoms. The molecular formula is C14H19BrClN. The van der Waals surface area contributed by atoms with Crippen molar-refractivity contribution in [2.75, 3.05) is 18.0 Å². The Balaban J connectivity index is 2.25. The van der Waals surface area contributed by atoms with Crippen LogP contribution in [0.3, 0.4) is 0 Å². The highest BCUT2D eigenvalue weighted by molar-refractivity contribution is 9.08. The molecule has 1 saturated heterocycles. The molecule has 1 aliphatic heterocycles. The lowest BCUT2D eigenvalue weighted by Gasteiger charge is -2.37. The van der Waals surface area contributed by atoms with Gasteiger partial charge in [-0.05, 0) is 30.4 Å². The van der Waals surface area contributed by atoms with Crippen LogP contribution < -0.4 is 4.90 Å². The summed E-state index contributed by atoms with van der Waals surface area (Å²) in [6.45, 7) is 6.98. The second-order valence-electron chi connectivity index (χ2n) is 5.06. The van der Waals surface area contributed by atoms with Crippen molar-refractivity contribution < 1.29 is 0 Å². The molecule has 1 aromatic carbocycles. The summed E-state index contributed by atoms with van der Waals surface area (Å²) in [7, 11) is 0. The quantitative estimate of drug-likeness (QED) is 0.714. The molecule has 94 valence electrons. The van der Waals surface area contributed by atoms with Crippen LogP contribution in [0.5, 0.6) is 0 Å². The van der Waals surface area contributed by atoms with Crippen molar-refractivity contribution in [2.24, 2.45) is 11.8 Å². The van der Waals surface area contributed by atoms with Gasteiger partial charge in [0.05, 0.1) is 0 Å². The van der Waals surface area contributed by atoms with Gasteiger partial charge in [0, 0.05) is 34.7 Å². The minimum absolute atomic E-state index is 0.755. The molecule has 0 radical (unpaired) electrons. The maximum Gasteiger partial charge on any atom is 0.0467 e. The second kappa shape index (κ2) is 5.62. The van der Waals surface area contributed by atoms with Crippen molar-refractivity contribution in [2.45, 2.75) is 25.6 Å². The highest BCUT2D eigenvalue weighted by atomic mass is 79.9. The van der Waals surface area contributed by atoms with Gasteiger partial charge in [0.25, 0.3) is 0 Å². The number of hydrogen-bond donors (Lipinski definition) is 0. The van der Waals surface area contributed by atoms with Gasteiger partial charge in [-0.3, -0.25) is 0 Å². The number of piperidine rings is 1. The van der Waals surface area contributed by atoms with Crippen LogP contribution in [0, 0.1) is 11.8 Å². The first kappa shape index (κ1) is 13.2. The zero-order chi connectivity index (χ0) is 12.4. The number of nitrogens with zero attached hydrogens (tertiary/aromatic N) is 1. The average molecular weight is 317 g/mol. The largest absolute Gasteiger partial charge is 0.371 e. The molecular weight excluding hydrogens is 298 g/mol. The Morgan fingerprint density at radius 1 is 1.35 bits per heavy atom. The summed E-state index contributed by atoms with van der Waals surface area (Å²) in [6.07, 6.45) is 1.27. The predicted molar refractivity (Wildman–Crippen MR) is 79.2 cm³/mol. The van der Waals surface area contributed by atoms with Crippen LogP contribution in [0.2, 0.25) is 5.02 Å². The van der Waals surface area contributed by atoms with Gasteiger partial charge in [-0.2, -0.15) is 0 Å². The molecule has 2 unspecified atom stereocenters. The van der Waals surface area contributed by atoms with Gasteiger partial charge in [0.1, 0.15) is 0 Å². The van der Waals surface area contributed by atoms with Crippen LogP contribution in [0.1, 0.15) is 25.8 Å². The standard InChI is InChI=1S/C14H19BrClN/c1-10-6-7-17(9-11(10)2)14-5-3-4-13(16)12(14)8-15/h3-5,10-11H,6-9H2,1-2H3. The van der Waals surface area contributed by atoms with Crippen LogP contribution >= 0.6 is 27.5 Å². The van der Waals surface area contributed by atoms with Gasteiger partial charge in [0.15, 0.2) is 0 Å². The number of benzene rings is 1. The lowest BCUT2D eigenvalue weighted by atomic mass is 9.88. The fraction of sp³-hybridized carbons (Fsp3) is 0.571. The molecule has 1 fully saturated rings. The molecule has 1 heterocycles. The van der Waals surface area contributed by atoms with Crippen LogP contribution in [0.15, 0.2) is 18.2 Å². The molecule has 3 heteroatoms. The molecule has 0 saturated carbocycles. The van der Waals surface area contributed by atoms with Crippen LogP contribution in [-0.2, 0) is 5.33 Å². The van der Waals surface area contributed by atoms with Crippen LogP contribution in [0.4, 0.5) is 5.69 Å². The van der Waals surface area contributed by atoms with E-state index in [-0.39, 0.29) is 0 Å². The predicted octanol–water partition coefficient (Wildman–Crippen LogP) is 4.72. The van der Waals surface area contributed by atoms with Crippen molar-refractivity contribution in [1.29, 1.82) is 0 Å². The molecule has 1 aromatic rings. The molecule has 0 N–H and O–H groups in total. The topological polar surface area (TPSA) is 3.24 Å². The number of hydrogen-bond acceptors (Lipinski definition) is 1. The Hall–Kier alpha value is -0.210. The summed E-state index contributed by atoms with van der Waals surface area (Å²) in [5.74, 6) is 1.59. The third kappa shape index (κ3) is 2.79. The van der Waals surface area contributed by atoms with E-state index in [1.165, 1.54) is 17.7 Å². The Morgan fingerprint density at radius 2 is 2.12 bits per heavy atom. The third-order valence-electron chi connectivity index (χ3n) is 3.90. The van der Waals surface area contributed by atoms with Crippen molar-refractivity contribution >= 4 is 33.2 Å². The maximum absolute atomic E-state index is 6.26. The lowest BCUT2D eigenvalue weighted by Crippen LogP contribution is -2.38. The van der Waals surface area contributed by atoms with Gasteiger partial charge in [-0.25, -0.2) is 0 Å². The first-order valence-corrected chi connectivity index (χ1v) is 7.71. The Morgan fingerprint density at radius 3 is 2.76 bits per heavy atom. The number of anilines is 1. The van der Waals surface area contributed by atoms with Gasteiger partial charge in [-0.1, -0.05) is 47.4 Å². The van der Waals surface area contributed by atoms with Gasteiger partial charge in [-0.15, -0.1) is 0 Å². The molecule has 0 aromatic heterocycles. The fourth-order valence-corrected chi connectivity index (χ4v) is 3.44. The molecule has 1 nitrogen and oxygen atoms in total. The normalized spacial score (nSPS) is 25.1. The zero-order valence-electron chi connectivity index (χ0n) is 10.4. The Bertz CT molecular complexity index is 394. The molecule has 2 rings (SSSR count). The van der Waals surface area contributed by atoms with E-state index in [2.05, 4.69) is 40.7 Å². The Kier molecular flexibility index (Phi) is 4.37. The fourth-order valence-electron chi connectivity index (χ4n) is 2.46. The number of alkyl halides is 1. The zero-order valence-corrected chi connectivity index (χ0v) is 12.8. The van der Waals surface area contributed by atoms with Gasteiger partial charge >= 0.3 is 0 Å². The summed E-state index contributed by atoms with van der Waals surface area (Å²) in [5, 5.41) is 1.69. The van der Waals surface area contributed by atoms with Crippen LogP contribution in [0.25, 0.3) is 0 Å². The second-order valence-corrected chi connectivity index (χ2v) is 6.03. The van der Waals surface area contributed by atoms with Gasteiger partial charge in [0.2, 0.25) is 0 Å². The Labute approximate surface area is 117 Å². The summed E-state index contributed by atoms with van der Waals surface area (Å²) >= 11 is 9.80. The minimum atomic E-state index is 0.755. The smallest absolute Gasteiger partial charge is 0.0467 e. The van der Waals surface area contributed by atoms with E-state index in [0.29, 0.717) is 0 Å². The highest BCUT2D eigenvalue weighted by Crippen LogP contribution is 2.33. The van der Waals surface area contributed by atoms with E-state index < -0.39 is 0 Å². The molecule has 0 amide bonds. The molecule has 0 spiro atoms. The van der Waals surface area contributed by atoms with E-state index in [1.54, 1.807) is 0 Å². The summed E-state index contributed by atoms with van der Waals surface area (Å²) < 4.78 is 0. The SMILES string of the molecule is CC1CCN(c2cccc(Cl)c2CBr)CC1C. The van der Waals surface area contributed by atoms with Crippen molar-refractivity contribution in [3.05, 3.63) is 28.8 Å². The number of halogens is 2. The summed E-state index contributed by atoms with van der Waals surface area (Å²) in [5.41, 5.74) is 2.52. The van der Waals surface area contributed by atoms with Crippen molar-refractivity contribution in [3.63, 3.8) is 0 Å². The van der Waals surface area contributed by atoms with Gasteiger partial charge < -0.3 is 4.90 Å². The molecule has 0 bridgehead atoms. The molecule has 2 atom stereocenters. The van der Waals surface area contributed by atoms with Crippen molar-refractivity contribution in [3.8, 4) is 0 Å². The average Bonchev–Trinajstić information content (AvgIpc) is 2.32. The molecule has 0 aliphatic carbocycles. The van der Waals surface area contributed by atoms with E-state index in [1.807, 2.05) is 12.1 Å². The minimum Gasteiger partial charge on any atom is -0.371 e. The van der Waals surface area contributed by atoms with E-state index in [9.17, 15) is 0 Å². The first-order chi connectivity index (χ1) is 8.13. The van der Waals surface area contributed by atoms with Crippen LogP contribution in [-0.4, -0.2) is 13.1 Å². The van der Waals surface area contributed by atoms with E-state index in [4.69, 9.17) is 11.6 Å². The van der Waals surface area contributed by atoms with E-state index in [0.717, 1.165) is 35.3 Å². The number of rotatable bonds is 2. The summed E-state index contributed by atoms with van der Waals surface area (Å²) in [4.78, 5) is 2.48. The third-order valence-corrected chi connectivity index (χ3v) is 4.82. The molecule has 1 aliphatic rings. The lowest BCUT2D eigenvalue weighted by molar-refractivity contribution is 0.324. The first-order valence-electron chi connectivity index (χ1n) is 6.21. The van der Waals surface area contributed by atoms with Crippen molar-refractivity contribution in [1.82, 2.24) is 0 Å². The highest BCUT2D eigenvalue weighted by Gasteiger charge is 2.24. The van der Waals surface area contributed by atoms with E-state index >= 15 is 0 Å². The summed E-state index contributed by atoms with van der Waals surface area (Å²) in [6, 6.07) is 6.20.